The van der Waals surface area contributed by atoms with Crippen molar-refractivity contribution in [3.8, 4) is 0 Å². The molecule has 0 radical (unpaired) electrons. The van der Waals surface area contributed by atoms with Crippen LogP contribution in [0.3, 0.4) is 0 Å². The quantitative estimate of drug-likeness (QED) is 0.192. The number of hydrogen-bond acceptors (Lipinski definition) is 12. The average molecular weight is 519 g/mol. The molecule has 16 heteroatoms. The number of carbonyl (C=O) groups is 4. The van der Waals surface area contributed by atoms with Crippen molar-refractivity contribution in [1.29, 1.82) is 0 Å². The Bertz CT molecular complexity index is 1070. The number of aliphatic carboxylic acids is 1. The van der Waals surface area contributed by atoms with Gasteiger partial charge in [-0.25, -0.2) is 9.59 Å². The highest BCUT2D eigenvalue weighted by atomic mass is 35.5. The molecule has 0 aromatic carbocycles. The van der Waals surface area contributed by atoms with Gasteiger partial charge in [0.2, 0.25) is 18.1 Å². The van der Waals surface area contributed by atoms with Crippen molar-refractivity contribution < 1.29 is 33.9 Å². The first-order chi connectivity index (χ1) is 15.4. The maximum Gasteiger partial charge on any atom is 0.353 e. The molecule has 33 heavy (non-hydrogen) atoms. The molecule has 1 unspecified atom stereocenters. The SMILES string of the molecule is CC(C)(C)OC(=O)CO/N=C(\C(=O)NC1C(=O)N2C(C(=O)O)=C(Cl)CS[C@H]12)c1nsc(N)n1. The molecule has 0 aliphatic carbocycles. The number of carboxylic acid groups (broad SMARTS) is 1. The molecule has 2 atom stereocenters. The van der Waals surface area contributed by atoms with E-state index < -0.39 is 53.1 Å². The number of fused-ring (bicyclic) bond motifs is 1. The number of ether oxygens (including phenoxy) is 1. The topological polar surface area (TPSA) is 186 Å². The highest BCUT2D eigenvalue weighted by Gasteiger charge is 2.54. The van der Waals surface area contributed by atoms with Gasteiger partial charge in [-0.15, -0.1) is 11.8 Å². The van der Waals surface area contributed by atoms with Gasteiger partial charge in [0.1, 0.15) is 22.7 Å². The van der Waals surface area contributed by atoms with Gasteiger partial charge in [-0.05, 0) is 20.8 Å². The number of halogens is 1. The number of esters is 1. The molecule has 2 amide bonds. The predicted molar refractivity (Wildman–Crippen MR) is 118 cm³/mol. The number of amides is 2. The third-order valence-corrected chi connectivity index (χ3v) is 6.33. The van der Waals surface area contributed by atoms with Gasteiger partial charge in [-0.1, -0.05) is 16.8 Å². The molecule has 3 heterocycles. The van der Waals surface area contributed by atoms with Gasteiger partial charge in [0, 0.05) is 17.3 Å². The summed E-state index contributed by atoms with van der Waals surface area (Å²) < 4.78 is 9.00. The second-order valence-electron chi connectivity index (χ2n) is 7.68. The lowest BCUT2D eigenvalue weighted by Gasteiger charge is -2.48. The van der Waals surface area contributed by atoms with Crippen molar-refractivity contribution in [2.75, 3.05) is 18.1 Å². The Morgan fingerprint density at radius 2 is 2.09 bits per heavy atom. The monoisotopic (exact) mass is 518 g/mol. The van der Waals surface area contributed by atoms with E-state index in [-0.39, 0.29) is 27.4 Å². The Hall–Kier alpha value is -2.91. The summed E-state index contributed by atoms with van der Waals surface area (Å²) >= 11 is 7.93. The molecule has 2 aliphatic heterocycles. The fourth-order valence-electron chi connectivity index (χ4n) is 2.83. The molecule has 0 saturated carbocycles. The molecule has 2 aliphatic rings. The highest BCUT2D eigenvalue weighted by Crippen LogP contribution is 2.41. The van der Waals surface area contributed by atoms with Gasteiger partial charge in [0.05, 0.1) is 5.03 Å². The average Bonchev–Trinajstić information content (AvgIpc) is 3.13. The minimum Gasteiger partial charge on any atom is -0.477 e. The summed E-state index contributed by atoms with van der Waals surface area (Å²) in [4.78, 5) is 58.5. The minimum atomic E-state index is -1.34. The highest BCUT2D eigenvalue weighted by molar-refractivity contribution is 8.00. The molecule has 1 aromatic rings. The number of β-lactam (4-membered cyclic amide) rings is 1. The summed E-state index contributed by atoms with van der Waals surface area (Å²) in [6.07, 6.45) is 0. The number of thioether (sulfide) groups is 1. The maximum absolute atomic E-state index is 12.9. The first-order valence-corrected chi connectivity index (χ1v) is 11.5. The van der Waals surface area contributed by atoms with E-state index >= 15 is 0 Å². The van der Waals surface area contributed by atoms with E-state index in [1.165, 1.54) is 11.8 Å². The third-order valence-electron chi connectivity index (χ3n) is 4.04. The number of oxime groups is 1. The van der Waals surface area contributed by atoms with Gasteiger partial charge in [-0.2, -0.15) is 9.36 Å². The fourth-order valence-corrected chi connectivity index (χ4v) is 4.81. The molecule has 1 saturated heterocycles. The van der Waals surface area contributed by atoms with Crippen molar-refractivity contribution >= 4 is 69.5 Å². The molecule has 1 aromatic heterocycles. The van der Waals surface area contributed by atoms with Crippen molar-refractivity contribution in [2.45, 2.75) is 37.8 Å². The lowest BCUT2D eigenvalue weighted by Crippen LogP contribution is -2.71. The number of rotatable bonds is 7. The number of nitrogen functional groups attached to an aromatic ring is 1. The molecule has 0 spiro atoms. The van der Waals surface area contributed by atoms with Crippen LogP contribution in [0.4, 0.5) is 5.13 Å². The minimum absolute atomic E-state index is 0.0295. The van der Waals surface area contributed by atoms with Crippen molar-refractivity contribution in [3.63, 3.8) is 0 Å². The van der Waals surface area contributed by atoms with Gasteiger partial charge >= 0.3 is 11.9 Å². The van der Waals surface area contributed by atoms with Crippen LogP contribution in [0, 0.1) is 0 Å². The van der Waals surface area contributed by atoms with Crippen LogP contribution in [0.5, 0.6) is 0 Å². The zero-order valence-corrected chi connectivity index (χ0v) is 19.9. The largest absolute Gasteiger partial charge is 0.477 e. The van der Waals surface area contributed by atoms with Crippen LogP contribution < -0.4 is 11.1 Å². The van der Waals surface area contributed by atoms with Crippen LogP contribution in [-0.2, 0) is 28.8 Å². The Labute approximate surface area is 200 Å². The third kappa shape index (κ3) is 5.54. The summed E-state index contributed by atoms with van der Waals surface area (Å²) in [5.74, 6) is -3.61. The summed E-state index contributed by atoms with van der Waals surface area (Å²) in [6.45, 7) is 4.44. The second kappa shape index (κ2) is 9.52. The molecule has 13 nitrogen and oxygen atoms in total. The van der Waals surface area contributed by atoms with Crippen LogP contribution in [-0.4, -0.2) is 78.2 Å². The Balaban J connectivity index is 1.73. The Morgan fingerprint density at radius 3 is 2.67 bits per heavy atom. The fraction of sp³-hybridized carbons (Fsp3) is 0.471. The van der Waals surface area contributed by atoms with E-state index in [4.69, 9.17) is 26.9 Å². The van der Waals surface area contributed by atoms with Crippen molar-refractivity contribution in [1.82, 2.24) is 19.6 Å². The van der Waals surface area contributed by atoms with E-state index in [0.29, 0.717) is 0 Å². The predicted octanol–water partition coefficient (Wildman–Crippen LogP) is 0.118. The summed E-state index contributed by atoms with van der Waals surface area (Å²) in [7, 11) is 0. The van der Waals surface area contributed by atoms with Crippen LogP contribution in [0.15, 0.2) is 15.9 Å². The Kier molecular flexibility index (Phi) is 7.14. The van der Waals surface area contributed by atoms with E-state index in [1.807, 2.05) is 0 Å². The summed E-state index contributed by atoms with van der Waals surface area (Å²) in [5.41, 5.74) is 4.09. The number of carbonyl (C=O) groups excluding carboxylic acids is 3. The first kappa shape index (κ1) is 24.7. The number of aromatic nitrogens is 2. The van der Waals surface area contributed by atoms with Gasteiger partial charge < -0.3 is 25.7 Å². The molecule has 3 rings (SSSR count). The molecular weight excluding hydrogens is 500 g/mol. The van der Waals surface area contributed by atoms with E-state index in [9.17, 15) is 24.3 Å². The van der Waals surface area contributed by atoms with E-state index in [0.717, 1.165) is 16.4 Å². The molecule has 1 fully saturated rings. The van der Waals surface area contributed by atoms with Gasteiger partial charge in [-0.3, -0.25) is 14.5 Å². The number of nitrogens with two attached hydrogens (primary N) is 1. The standard InChI is InChI=1S/C17H19ClN6O7S2/c1-17(2,3)31-7(25)4-30-22-8(11-21-16(19)33-23-11)12(26)20-9-13(27)24-10(15(28)29)6(18)5-32-14(9)24/h9,14H,4-5H2,1-3H3,(H,20,26)(H,28,29)(H2,19,21,23)/b22-8-/t9?,14-/m1/s1. The zero-order chi connectivity index (χ0) is 24.5. The van der Waals surface area contributed by atoms with Crippen LogP contribution >= 0.6 is 34.9 Å². The van der Waals surface area contributed by atoms with Crippen molar-refractivity contribution in [2.24, 2.45) is 5.16 Å². The lowest BCUT2D eigenvalue weighted by molar-refractivity contribution is -0.160. The number of carboxylic acids is 1. The lowest BCUT2D eigenvalue weighted by atomic mass is 10.0. The number of hydrogen-bond donors (Lipinski definition) is 3. The number of anilines is 1. The first-order valence-electron chi connectivity index (χ1n) is 9.28. The smallest absolute Gasteiger partial charge is 0.353 e. The zero-order valence-electron chi connectivity index (χ0n) is 17.5. The number of nitrogens with one attached hydrogen (secondary N) is 1. The molecular formula is C17H19ClN6O7S2. The van der Waals surface area contributed by atoms with Gasteiger partial charge in [0.15, 0.2) is 5.13 Å². The number of nitrogens with zero attached hydrogens (tertiary/aromatic N) is 4. The molecule has 0 bridgehead atoms. The summed E-state index contributed by atoms with van der Waals surface area (Å²) in [6, 6.07) is -1.05. The van der Waals surface area contributed by atoms with E-state index in [2.05, 4.69) is 19.8 Å². The second-order valence-corrected chi connectivity index (χ2v) is 10.0. The maximum atomic E-state index is 12.9. The van der Waals surface area contributed by atoms with Crippen LogP contribution in [0.2, 0.25) is 0 Å². The molecule has 4 N–H and O–H groups in total. The van der Waals surface area contributed by atoms with Crippen LogP contribution in [0.25, 0.3) is 0 Å². The molecule has 178 valence electrons. The van der Waals surface area contributed by atoms with E-state index in [1.54, 1.807) is 20.8 Å². The Morgan fingerprint density at radius 1 is 1.39 bits per heavy atom. The summed E-state index contributed by atoms with van der Waals surface area (Å²) in [5, 5.41) is 14.9. The normalized spacial score (nSPS) is 20.7. The van der Waals surface area contributed by atoms with Gasteiger partial charge in [0.25, 0.3) is 11.8 Å². The van der Waals surface area contributed by atoms with Crippen molar-refractivity contribution in [3.05, 3.63) is 16.6 Å². The van der Waals surface area contributed by atoms with Crippen LogP contribution in [0.1, 0.15) is 26.6 Å².